The second-order valence-electron chi connectivity index (χ2n) is 30.3. The number of rotatable bonds is 14. The Labute approximate surface area is 615 Å². The molecule has 0 spiro atoms. The van der Waals surface area contributed by atoms with Crippen molar-refractivity contribution >= 4 is 49.6 Å². The van der Waals surface area contributed by atoms with Crippen molar-refractivity contribution in [3.63, 3.8) is 0 Å². The fourth-order valence-electron chi connectivity index (χ4n) is 14.7. The zero-order valence-electron chi connectivity index (χ0n) is 59.2. The highest BCUT2D eigenvalue weighted by Gasteiger charge is 2.33. The molecule has 15 rings (SSSR count). The first-order valence-electron chi connectivity index (χ1n) is 34.5. The highest BCUT2D eigenvalue weighted by Crippen LogP contribution is 2.43. The van der Waals surface area contributed by atoms with Gasteiger partial charge < -0.3 is 4.52 Å². The average Bonchev–Trinajstić information content (AvgIpc) is 1.71. The minimum atomic E-state index is -0.252. The fourth-order valence-corrected chi connectivity index (χ4v) is 14.7. The van der Waals surface area contributed by atoms with Gasteiger partial charge in [-0.05, 0) is 261 Å². The number of hydrogen-bond donors (Lipinski definition) is 0. The molecule has 0 aliphatic heterocycles. The Morgan fingerprint density at radius 3 is 1.17 bits per heavy atom. The lowest BCUT2D eigenvalue weighted by Gasteiger charge is -2.19. The highest BCUT2D eigenvalue weighted by molar-refractivity contribution is 5.86. The first-order valence-corrected chi connectivity index (χ1v) is 34.5. The molecule has 0 saturated carbocycles. The summed E-state index contributed by atoms with van der Waals surface area (Å²) in [5, 5.41) is 19.6. The van der Waals surface area contributed by atoms with Crippen LogP contribution in [0.4, 0.5) is 4.39 Å². The summed E-state index contributed by atoms with van der Waals surface area (Å²) >= 11 is 0. The summed E-state index contributed by atoms with van der Waals surface area (Å²) in [5.74, 6) is -0.252. The van der Waals surface area contributed by atoms with Crippen molar-refractivity contribution in [2.45, 2.75) is 226 Å². The summed E-state index contributed by atoms with van der Waals surface area (Å²) in [6.45, 7) is 23.4. The molecule has 5 aromatic heterocycles. The smallest absolute Gasteiger partial charge is 0.141 e. The quantitative estimate of drug-likeness (QED) is 0.105. The predicted molar refractivity (Wildman–Crippen MR) is 414 cm³/mol. The molecule has 0 atom stereocenters. The lowest BCUT2D eigenvalue weighted by Crippen LogP contribution is -2.12. The van der Waals surface area contributed by atoms with Crippen LogP contribution in [0.1, 0.15) is 220 Å². The van der Waals surface area contributed by atoms with Crippen LogP contribution in [-0.4, -0.2) is 40.5 Å². The molecule has 10 aromatic rings. The van der Waals surface area contributed by atoms with Crippen molar-refractivity contribution in [1.29, 1.82) is 0 Å². The standard InChI is InChI=1S/C18H20FN.3C17H20N2.C15H17NO.CH4.4ClH/c1-18(2)8-7-15-6-5-13(10-17(15)18)3-4-14-9-16(19)12-20-11-14;1-17(2)8-7-14-5-3-13(11-16(14)17)4-6-15-12-18-9-10-19-15;1-17(2)10-9-14-7-5-13(12-16(14)17)6-8-15-4-3-11-18-19-15;1-17(2)9-7-15-6-5-13(11-16(15)17)3-4-14-8-10-18-19-12-14;1-15(2)6-5-13-4-3-11(8-14(13)15)7-12-9-16-17-10-12;;;;;/h5-6,9-12H,3-4,7-8H2,1-2H3;3,5,9-12H,4,6-8H2,1-2H3;3-5,7,11-12H,6,8-10H2,1-2H3;5-6,8,10-12H,3-4,7,9H2,1-2H3;3-4,8-10H,5-7H2,1-2H3;1H4;4*1H. The second kappa shape index (κ2) is 35.9. The molecular weight excluding hydrogens is 1310 g/mol. The topological polar surface area (TPSA) is 116 Å². The van der Waals surface area contributed by atoms with Crippen LogP contribution in [0.5, 0.6) is 0 Å². The zero-order valence-corrected chi connectivity index (χ0v) is 62.4. The largest absolute Gasteiger partial charge is 0.364 e. The van der Waals surface area contributed by atoms with Crippen molar-refractivity contribution in [3.8, 4) is 0 Å². The number of hydrogen-bond acceptors (Lipinski definition) is 9. The van der Waals surface area contributed by atoms with Crippen LogP contribution in [0.3, 0.4) is 0 Å². The molecule has 0 unspecified atom stereocenters. The minimum absolute atomic E-state index is 0. The van der Waals surface area contributed by atoms with Gasteiger partial charge in [-0.3, -0.25) is 15.0 Å². The Bertz CT molecular complexity index is 3890. The maximum absolute atomic E-state index is 13.1. The molecule has 5 aliphatic carbocycles. The third-order valence-electron chi connectivity index (χ3n) is 20.9. The van der Waals surface area contributed by atoms with E-state index < -0.39 is 0 Å². The molecule has 0 bridgehead atoms. The van der Waals surface area contributed by atoms with Crippen LogP contribution < -0.4 is 0 Å². The minimum Gasteiger partial charge on any atom is -0.364 e. The molecule has 0 fully saturated rings. The van der Waals surface area contributed by atoms with Gasteiger partial charge in [-0.15, -0.1) is 49.6 Å². The summed E-state index contributed by atoms with van der Waals surface area (Å²) in [4.78, 5) is 12.4. The van der Waals surface area contributed by atoms with Crippen LogP contribution in [0, 0.1) is 5.82 Å². The number of nitrogens with zero attached hydrogens (tertiary/aromatic N) is 8. The summed E-state index contributed by atoms with van der Waals surface area (Å²) in [6.07, 6.45) is 38.4. The van der Waals surface area contributed by atoms with Gasteiger partial charge in [-0.2, -0.15) is 20.4 Å². The molecule has 99 heavy (non-hydrogen) atoms. The number of halogens is 5. The molecule has 14 heteroatoms. The summed E-state index contributed by atoms with van der Waals surface area (Å²) < 4.78 is 18.0. The lowest BCUT2D eigenvalue weighted by molar-refractivity contribution is 0.419. The van der Waals surface area contributed by atoms with Gasteiger partial charge in [0.15, 0.2) is 0 Å². The van der Waals surface area contributed by atoms with E-state index in [0.717, 1.165) is 80.3 Å². The maximum atomic E-state index is 13.1. The Morgan fingerprint density at radius 1 is 0.354 bits per heavy atom. The van der Waals surface area contributed by atoms with Crippen molar-refractivity contribution in [2.24, 2.45) is 0 Å². The van der Waals surface area contributed by atoms with Gasteiger partial charge in [0, 0.05) is 49.2 Å². The van der Waals surface area contributed by atoms with Crippen LogP contribution in [0.15, 0.2) is 182 Å². The first-order chi connectivity index (χ1) is 45.1. The molecule has 5 aromatic carbocycles. The van der Waals surface area contributed by atoms with Gasteiger partial charge in [0.25, 0.3) is 0 Å². The van der Waals surface area contributed by atoms with Gasteiger partial charge in [-0.25, -0.2) is 4.39 Å². The highest BCUT2D eigenvalue weighted by atomic mass is 35.5. The van der Waals surface area contributed by atoms with Gasteiger partial charge in [-0.1, -0.05) is 173 Å². The first kappa shape index (κ1) is 80.8. The molecule has 0 radical (unpaired) electrons. The van der Waals surface area contributed by atoms with E-state index in [1.54, 1.807) is 71.8 Å². The zero-order chi connectivity index (χ0) is 65.9. The Balaban J connectivity index is 0.000000193. The lowest BCUT2D eigenvalue weighted by atomic mass is 9.85. The van der Waals surface area contributed by atoms with Gasteiger partial charge in [0.05, 0.1) is 30.0 Å². The molecule has 5 heterocycles. The normalized spacial score (nSPS) is 15.6. The third kappa shape index (κ3) is 21.4. The molecule has 526 valence electrons. The van der Waals surface area contributed by atoms with Crippen molar-refractivity contribution in [2.75, 3.05) is 0 Å². The van der Waals surface area contributed by atoms with Crippen molar-refractivity contribution in [3.05, 3.63) is 295 Å². The number of benzene rings is 5. The monoisotopic (exact) mass is 1410 g/mol. The molecule has 9 nitrogen and oxygen atoms in total. The SMILES string of the molecule is C.CC1(C)CCc2ccc(CCc3cccnn3)cc21.CC1(C)CCc2ccc(CCc3ccnnc3)cc21.CC1(C)CCc2ccc(CCc3cncc(F)c3)cc21.CC1(C)CCc2ccc(CCc3cnccn3)cc21.CC1(C)CCc2ccc(Cc3cnoc3)cc21.Cl.Cl.Cl.Cl. The second-order valence-corrected chi connectivity index (χ2v) is 30.3. The molecule has 0 N–H and O–H groups in total. The van der Waals surface area contributed by atoms with E-state index in [1.807, 2.05) is 30.6 Å². The van der Waals surface area contributed by atoms with E-state index in [1.165, 1.54) is 137 Å². The number of aryl methyl sites for hydroxylation is 13. The number of pyridine rings is 1. The predicted octanol–water partition coefficient (Wildman–Crippen LogP) is 20.5. The van der Waals surface area contributed by atoms with E-state index in [-0.39, 0.29) is 62.9 Å². The van der Waals surface area contributed by atoms with Crippen LogP contribution >= 0.6 is 49.6 Å². The molecule has 0 saturated heterocycles. The van der Waals surface area contributed by atoms with E-state index in [0.29, 0.717) is 27.1 Å². The number of aromatic nitrogens is 8. The Morgan fingerprint density at radius 2 is 0.778 bits per heavy atom. The maximum Gasteiger partial charge on any atom is 0.141 e. The third-order valence-corrected chi connectivity index (χ3v) is 20.9. The molecule has 5 aliphatic rings. The molecule has 0 amide bonds. The average molecular weight is 1420 g/mol. The van der Waals surface area contributed by atoms with Crippen LogP contribution in [0.25, 0.3) is 0 Å². The van der Waals surface area contributed by atoms with Crippen molar-refractivity contribution in [1.82, 2.24) is 40.5 Å². The van der Waals surface area contributed by atoms with E-state index in [2.05, 4.69) is 201 Å². The van der Waals surface area contributed by atoms with Crippen LogP contribution in [-0.2, 0) is 117 Å². The molecular formula is C85H105Cl4FN8O. The summed E-state index contributed by atoms with van der Waals surface area (Å²) in [5.41, 5.74) is 29.4. The fraction of sp³-hybridized carbons (Fsp3) is 0.412. The van der Waals surface area contributed by atoms with Gasteiger partial charge in [0.1, 0.15) is 12.1 Å². The van der Waals surface area contributed by atoms with E-state index >= 15 is 0 Å². The van der Waals surface area contributed by atoms with Crippen LogP contribution in [0.2, 0.25) is 0 Å². The van der Waals surface area contributed by atoms with Gasteiger partial charge in [0.2, 0.25) is 0 Å². The summed E-state index contributed by atoms with van der Waals surface area (Å²) in [7, 11) is 0. The number of fused-ring (bicyclic) bond motifs is 5. The van der Waals surface area contributed by atoms with E-state index in [9.17, 15) is 4.39 Å². The van der Waals surface area contributed by atoms with E-state index in [4.69, 9.17) is 4.52 Å². The van der Waals surface area contributed by atoms with Gasteiger partial charge >= 0.3 is 0 Å². The van der Waals surface area contributed by atoms with Crippen molar-refractivity contribution < 1.29 is 8.91 Å². The Hall–Kier alpha value is -7.21. The summed E-state index contributed by atoms with van der Waals surface area (Å²) in [6, 6.07) is 42.3. The Kier molecular flexibility index (Phi) is 29.3.